The maximum Gasteiger partial charge on any atom is 0.335 e. The molecule has 0 unspecified atom stereocenters. The number of imide groups is 2. The van der Waals surface area contributed by atoms with E-state index in [1.807, 2.05) is 38.1 Å². The molecule has 0 spiro atoms. The van der Waals surface area contributed by atoms with Crippen molar-refractivity contribution in [2.75, 3.05) is 4.90 Å². The van der Waals surface area contributed by atoms with Crippen molar-refractivity contribution in [1.82, 2.24) is 5.32 Å². The Morgan fingerprint density at radius 1 is 0.941 bits per heavy atom. The molecule has 1 aliphatic rings. The third kappa shape index (κ3) is 4.69. The van der Waals surface area contributed by atoms with Crippen LogP contribution in [0.4, 0.5) is 10.5 Å². The van der Waals surface area contributed by atoms with E-state index in [1.54, 1.807) is 36.4 Å². The number of hydrogen-bond donors (Lipinski definition) is 1. The van der Waals surface area contributed by atoms with Gasteiger partial charge in [-0.25, -0.2) is 9.69 Å². The van der Waals surface area contributed by atoms with Gasteiger partial charge < -0.3 is 4.74 Å². The van der Waals surface area contributed by atoms with E-state index in [0.29, 0.717) is 27.0 Å². The predicted octanol–water partition coefficient (Wildman–Crippen LogP) is 5.86. The number of urea groups is 1. The summed E-state index contributed by atoms with van der Waals surface area (Å²) in [6.07, 6.45) is 1.39. The van der Waals surface area contributed by atoms with Crippen molar-refractivity contribution in [3.05, 3.63) is 98.5 Å². The quantitative estimate of drug-likeness (QED) is 0.356. The number of hydrogen-bond acceptors (Lipinski definition) is 4. The molecule has 1 N–H and O–H groups in total. The molecule has 8 heteroatoms. The van der Waals surface area contributed by atoms with Crippen LogP contribution in [0.2, 0.25) is 10.0 Å². The molecular weight excluding hydrogens is 475 g/mol. The predicted molar refractivity (Wildman–Crippen MR) is 132 cm³/mol. The van der Waals surface area contributed by atoms with Crippen LogP contribution in [0.3, 0.4) is 0 Å². The van der Waals surface area contributed by atoms with E-state index < -0.39 is 17.8 Å². The summed E-state index contributed by atoms with van der Waals surface area (Å²) in [6.45, 7) is 3.92. The molecule has 1 saturated heterocycles. The van der Waals surface area contributed by atoms with E-state index in [2.05, 4.69) is 5.32 Å². The number of nitrogens with one attached hydrogen (secondary N) is 1. The number of anilines is 1. The molecule has 3 aromatic rings. The second-order valence-corrected chi connectivity index (χ2v) is 8.56. The Labute approximate surface area is 206 Å². The highest BCUT2D eigenvalue weighted by Gasteiger charge is 2.37. The van der Waals surface area contributed by atoms with Crippen LogP contribution in [0.25, 0.3) is 6.08 Å². The van der Waals surface area contributed by atoms with E-state index in [9.17, 15) is 14.4 Å². The molecule has 1 heterocycles. The zero-order valence-corrected chi connectivity index (χ0v) is 19.9. The molecule has 34 heavy (non-hydrogen) atoms. The second-order valence-electron chi connectivity index (χ2n) is 7.75. The fourth-order valence-corrected chi connectivity index (χ4v) is 3.95. The number of halogens is 2. The number of ether oxygens (including phenoxy) is 1. The average molecular weight is 495 g/mol. The van der Waals surface area contributed by atoms with Crippen molar-refractivity contribution >= 4 is 52.8 Å². The van der Waals surface area contributed by atoms with Crippen LogP contribution in [-0.4, -0.2) is 17.8 Å². The molecule has 0 radical (unpaired) electrons. The van der Waals surface area contributed by atoms with Gasteiger partial charge in [-0.15, -0.1) is 0 Å². The molecule has 0 aromatic heterocycles. The molecule has 0 aliphatic carbocycles. The van der Waals surface area contributed by atoms with Crippen LogP contribution in [0.1, 0.15) is 22.3 Å². The van der Waals surface area contributed by atoms with Gasteiger partial charge in [-0.05, 0) is 60.9 Å². The molecule has 4 amide bonds. The Morgan fingerprint density at radius 2 is 1.71 bits per heavy atom. The first-order chi connectivity index (χ1) is 16.3. The number of aryl methyl sites for hydroxylation is 1. The maximum absolute atomic E-state index is 13.2. The molecule has 1 aliphatic heterocycles. The number of carbonyl (C=O) groups excluding carboxylic acids is 3. The first-order valence-corrected chi connectivity index (χ1v) is 11.2. The Balaban J connectivity index is 1.60. The number of rotatable bonds is 5. The van der Waals surface area contributed by atoms with Crippen molar-refractivity contribution in [3.63, 3.8) is 0 Å². The topological polar surface area (TPSA) is 75.7 Å². The van der Waals surface area contributed by atoms with E-state index >= 15 is 0 Å². The van der Waals surface area contributed by atoms with Crippen LogP contribution < -0.4 is 15.0 Å². The Kier molecular flexibility index (Phi) is 6.72. The lowest BCUT2D eigenvalue weighted by Crippen LogP contribution is -2.54. The van der Waals surface area contributed by atoms with E-state index in [0.717, 1.165) is 21.6 Å². The fourth-order valence-electron chi connectivity index (χ4n) is 3.52. The van der Waals surface area contributed by atoms with Gasteiger partial charge in [0.1, 0.15) is 17.9 Å². The summed E-state index contributed by atoms with van der Waals surface area (Å²) >= 11 is 12.5. The minimum absolute atomic E-state index is 0.179. The number of amides is 4. The molecule has 1 fully saturated rings. The minimum Gasteiger partial charge on any atom is -0.487 e. The first-order valence-electron chi connectivity index (χ1n) is 10.4. The van der Waals surface area contributed by atoms with Crippen molar-refractivity contribution in [2.45, 2.75) is 20.5 Å². The van der Waals surface area contributed by atoms with Gasteiger partial charge in [0.15, 0.2) is 0 Å². The van der Waals surface area contributed by atoms with E-state index in [-0.39, 0.29) is 12.2 Å². The summed E-state index contributed by atoms with van der Waals surface area (Å²) in [5.41, 5.74) is 3.24. The number of benzene rings is 3. The fraction of sp³-hybridized carbons (Fsp3) is 0.115. The number of carbonyl (C=O) groups is 3. The van der Waals surface area contributed by atoms with E-state index in [1.165, 1.54) is 6.08 Å². The van der Waals surface area contributed by atoms with Crippen LogP contribution in [0, 0.1) is 13.8 Å². The van der Waals surface area contributed by atoms with Gasteiger partial charge in [0.25, 0.3) is 11.8 Å². The monoisotopic (exact) mass is 494 g/mol. The summed E-state index contributed by atoms with van der Waals surface area (Å²) in [6, 6.07) is 16.7. The molecule has 172 valence electrons. The third-order valence-corrected chi connectivity index (χ3v) is 6.19. The third-order valence-electron chi connectivity index (χ3n) is 5.53. The highest BCUT2D eigenvalue weighted by molar-refractivity contribution is 6.39. The van der Waals surface area contributed by atoms with Crippen LogP contribution in [0.5, 0.6) is 5.75 Å². The zero-order chi connectivity index (χ0) is 24.4. The zero-order valence-electron chi connectivity index (χ0n) is 18.4. The number of nitrogens with zero attached hydrogens (tertiary/aromatic N) is 1. The summed E-state index contributed by atoms with van der Waals surface area (Å²) in [5.74, 6) is -1.06. The molecule has 0 bridgehead atoms. The Hall–Kier alpha value is -3.61. The minimum atomic E-state index is -0.790. The number of barbiturate groups is 1. The van der Waals surface area contributed by atoms with Gasteiger partial charge in [-0.3, -0.25) is 14.9 Å². The van der Waals surface area contributed by atoms with Crippen molar-refractivity contribution in [2.24, 2.45) is 0 Å². The average Bonchev–Trinajstić information content (AvgIpc) is 2.79. The van der Waals surface area contributed by atoms with Gasteiger partial charge in [0.05, 0.1) is 10.7 Å². The summed E-state index contributed by atoms with van der Waals surface area (Å²) in [5, 5.41) is 3.12. The summed E-state index contributed by atoms with van der Waals surface area (Å²) in [7, 11) is 0. The van der Waals surface area contributed by atoms with Gasteiger partial charge in [0, 0.05) is 10.6 Å². The van der Waals surface area contributed by atoms with Crippen LogP contribution in [0.15, 0.2) is 66.2 Å². The Bertz CT molecular complexity index is 1350. The van der Waals surface area contributed by atoms with E-state index in [4.69, 9.17) is 27.9 Å². The molecule has 6 nitrogen and oxygen atoms in total. The van der Waals surface area contributed by atoms with Gasteiger partial charge in [-0.1, -0.05) is 59.6 Å². The molecule has 3 aromatic carbocycles. The maximum atomic E-state index is 13.2. The first kappa shape index (κ1) is 23.5. The molecule has 0 atom stereocenters. The van der Waals surface area contributed by atoms with Crippen molar-refractivity contribution in [3.8, 4) is 5.75 Å². The normalized spacial score (nSPS) is 15.0. The van der Waals surface area contributed by atoms with Crippen LogP contribution >= 0.6 is 23.2 Å². The smallest absolute Gasteiger partial charge is 0.335 e. The lowest BCUT2D eigenvalue weighted by Gasteiger charge is -2.28. The van der Waals surface area contributed by atoms with Gasteiger partial charge in [-0.2, -0.15) is 0 Å². The summed E-state index contributed by atoms with van der Waals surface area (Å²) < 4.78 is 5.77. The molecular formula is C26H20Cl2N2O4. The van der Waals surface area contributed by atoms with Gasteiger partial charge in [0.2, 0.25) is 0 Å². The summed E-state index contributed by atoms with van der Waals surface area (Å²) in [4.78, 5) is 39.1. The lowest BCUT2D eigenvalue weighted by atomic mass is 10.0. The highest BCUT2D eigenvalue weighted by atomic mass is 35.5. The second kappa shape index (κ2) is 9.71. The van der Waals surface area contributed by atoms with Gasteiger partial charge >= 0.3 is 6.03 Å². The standard InChI is InChI=1S/C26H20Cl2N2O4/c1-15-6-5-9-22(16(15)2)30-25(32)19(24(31)29-26(30)33)12-17-10-11-23(21(28)13-17)34-14-18-7-3-4-8-20(18)27/h3-13H,14H2,1-2H3,(H,29,31,33)/b19-12+. The largest absolute Gasteiger partial charge is 0.487 e. The van der Waals surface area contributed by atoms with Crippen LogP contribution in [-0.2, 0) is 16.2 Å². The molecule has 0 saturated carbocycles. The van der Waals surface area contributed by atoms with Crippen molar-refractivity contribution < 1.29 is 19.1 Å². The molecule has 4 rings (SSSR count). The lowest BCUT2D eigenvalue weighted by molar-refractivity contribution is -0.122. The highest BCUT2D eigenvalue weighted by Crippen LogP contribution is 2.30. The Morgan fingerprint density at radius 3 is 2.44 bits per heavy atom. The SMILES string of the molecule is Cc1cccc(N2C(=O)NC(=O)/C(=C\c3ccc(OCc4ccccc4Cl)c(Cl)c3)C2=O)c1C. The van der Waals surface area contributed by atoms with Crippen molar-refractivity contribution in [1.29, 1.82) is 0 Å².